The maximum absolute atomic E-state index is 5.51. The Morgan fingerprint density at radius 2 is 0.571 bits per heavy atom. The Morgan fingerprint density at radius 1 is 0.204 bits per heavy atom. The molecule has 0 amide bonds. The molecule has 0 N–H and O–H groups in total. The molecule has 8 aromatic heterocycles. The Bertz CT molecular complexity index is 10900. The number of hydrogen-bond donors (Lipinski definition) is 0. The number of fused-ring (bicyclic) bond motifs is 29. The molecular formula is C135H83N11O. The van der Waals surface area contributed by atoms with Gasteiger partial charge in [0.15, 0.2) is 23.6 Å². The first kappa shape index (κ1) is 85.2. The highest BCUT2D eigenvalue weighted by molar-refractivity contribution is 6.25. The average molecular weight is 1880 g/mol. The Balaban J connectivity index is 0.0000000951. The summed E-state index contributed by atoms with van der Waals surface area (Å²) in [4.78, 5) is 46.4. The summed E-state index contributed by atoms with van der Waals surface area (Å²) in [5, 5.41) is 35.7. The molecule has 12 nitrogen and oxygen atoms in total. The minimum Gasteiger partial charge on any atom is -0.443 e. The summed E-state index contributed by atoms with van der Waals surface area (Å²) in [5.74, 6) is 1.15. The lowest BCUT2D eigenvalue weighted by Gasteiger charge is -2.13. The van der Waals surface area contributed by atoms with Gasteiger partial charge in [-0.2, -0.15) is 0 Å². The number of aromatic nitrogens is 11. The van der Waals surface area contributed by atoms with E-state index >= 15 is 0 Å². The van der Waals surface area contributed by atoms with Crippen LogP contribution < -0.4 is 0 Å². The normalized spacial score (nSPS) is 11.7. The van der Waals surface area contributed by atoms with Crippen LogP contribution in [0.25, 0.3) is 296 Å². The summed E-state index contributed by atoms with van der Waals surface area (Å²) >= 11 is 0. The van der Waals surface area contributed by atoms with Gasteiger partial charge in [0.25, 0.3) is 0 Å². The molecule has 0 unspecified atom stereocenters. The number of imidazole rings is 1. The number of rotatable bonds is 8. The molecule has 0 aliphatic carbocycles. The second-order valence-corrected chi connectivity index (χ2v) is 37.8. The predicted molar refractivity (Wildman–Crippen MR) is 611 cm³/mol. The van der Waals surface area contributed by atoms with Crippen molar-refractivity contribution in [2.45, 2.75) is 0 Å². The third-order valence-electron chi connectivity index (χ3n) is 29.3. The van der Waals surface area contributed by atoms with Gasteiger partial charge in [0, 0.05) is 75.5 Å². The molecule has 0 saturated carbocycles. The highest BCUT2D eigenvalue weighted by atomic mass is 16.3. The van der Waals surface area contributed by atoms with Gasteiger partial charge >= 0.3 is 0 Å². The average Bonchev–Trinajstić information content (AvgIpc) is 1.14. The van der Waals surface area contributed by atoms with Crippen molar-refractivity contribution in [2.24, 2.45) is 7.05 Å². The zero-order chi connectivity index (χ0) is 97.1. The monoisotopic (exact) mass is 1870 g/mol. The zero-order valence-corrected chi connectivity index (χ0v) is 79.5. The molecule has 0 saturated heterocycles. The van der Waals surface area contributed by atoms with Gasteiger partial charge in [-0.15, -0.1) is 0 Å². The molecule has 12 heteroatoms. The van der Waals surface area contributed by atoms with Gasteiger partial charge in [0.05, 0.1) is 44.9 Å². The molecule has 0 aliphatic heterocycles. The first-order valence-electron chi connectivity index (χ1n) is 49.4. The van der Waals surface area contributed by atoms with E-state index in [4.69, 9.17) is 24.4 Å². The van der Waals surface area contributed by atoms with Crippen LogP contribution in [0.1, 0.15) is 0 Å². The Kier molecular flexibility index (Phi) is 20.5. The van der Waals surface area contributed by atoms with Crippen LogP contribution in [0.3, 0.4) is 0 Å². The number of aryl methyl sites for hydroxylation is 1. The van der Waals surface area contributed by atoms with Gasteiger partial charge in [-0.25, -0.2) is 29.9 Å². The predicted octanol–water partition coefficient (Wildman–Crippen LogP) is 34.9. The number of oxazole rings is 1. The van der Waals surface area contributed by atoms with Crippen molar-refractivity contribution in [3.63, 3.8) is 0 Å². The minimum absolute atomic E-state index is 0.535. The van der Waals surface area contributed by atoms with E-state index in [1.807, 2.05) is 74.4 Å². The van der Waals surface area contributed by atoms with E-state index in [1.165, 1.54) is 169 Å². The molecule has 31 aromatic rings. The van der Waals surface area contributed by atoms with Crippen molar-refractivity contribution >= 4 is 206 Å². The molecule has 8 heterocycles. The lowest BCUT2D eigenvalue weighted by Crippen LogP contribution is -1.97. The smallest absolute Gasteiger partial charge is 0.181 e. The van der Waals surface area contributed by atoms with Crippen LogP contribution in [0.4, 0.5) is 0 Å². The van der Waals surface area contributed by atoms with Crippen LogP contribution in [0.5, 0.6) is 0 Å². The molecular weight excluding hydrogens is 1790 g/mol. The van der Waals surface area contributed by atoms with Crippen LogP contribution in [-0.2, 0) is 7.05 Å². The van der Waals surface area contributed by atoms with Crippen LogP contribution in [0, 0.1) is 0 Å². The fourth-order valence-electron chi connectivity index (χ4n) is 22.0. The largest absolute Gasteiger partial charge is 0.443 e. The van der Waals surface area contributed by atoms with Crippen LogP contribution in [0.15, 0.2) is 491 Å². The molecule has 31 rings (SSSR count). The number of nitrogens with zero attached hydrogens (tertiary/aromatic N) is 11. The third kappa shape index (κ3) is 15.3. The second kappa shape index (κ2) is 35.4. The summed E-state index contributed by atoms with van der Waals surface area (Å²) in [6.45, 7) is 0. The van der Waals surface area contributed by atoms with Gasteiger partial charge < -0.3 is 8.98 Å². The zero-order valence-electron chi connectivity index (χ0n) is 79.5. The first-order chi connectivity index (χ1) is 72.7. The molecule has 0 radical (unpaired) electrons. The summed E-state index contributed by atoms with van der Waals surface area (Å²) in [6.07, 6.45) is 12.4. The summed E-state index contributed by atoms with van der Waals surface area (Å²) in [6, 6.07) is 158. The molecule has 0 aliphatic rings. The fourth-order valence-corrected chi connectivity index (χ4v) is 22.0. The van der Waals surface area contributed by atoms with Crippen molar-refractivity contribution in [2.75, 3.05) is 0 Å². The van der Waals surface area contributed by atoms with E-state index in [0.29, 0.717) is 17.3 Å². The quantitative estimate of drug-likeness (QED) is 0.134. The van der Waals surface area contributed by atoms with Crippen molar-refractivity contribution in [3.8, 4) is 89.7 Å². The highest BCUT2D eigenvalue weighted by Gasteiger charge is 2.21. The van der Waals surface area contributed by atoms with Gasteiger partial charge in [0.2, 0.25) is 0 Å². The van der Waals surface area contributed by atoms with E-state index < -0.39 is 0 Å². The standard InChI is InChI=1S/C39H23N3.C33H19N5.C32H22N2.C31H19NO/c1-2-7-32-24(5-1)9-12-26-13-10-25-11-15-28(22-35(25)36(26)32)33-18-17-31(34-8-4-20-41-39(33)34)30-21-29-16-14-27-6-3-19-40-37(27)38(29)42-23-30;1-2-6-26-20(4-1)7-10-22-11-8-21-9-14-25(18-27(21)29(22)26)32-35-19-36-33(38-32)28-16-15-24-13-12-23-5-3-17-34-30(23)31(24)37-28;1-34-20-33-30-16-15-27(19-31(30)34)25-7-4-6-24(17-25)26-14-11-22-10-13-23-12-9-21-5-2-3-8-28(21)32(23)29(22)18-26;1-2-7-27-20(4-1)8-11-22-12-9-21-10-13-25(17-28(21)31(22)27)23-5-3-6-24(16-23)26-14-15-29-30(18-26)33-19-32-29/h1-23H;1-19H;2-20H,1H3;1-19H. The minimum atomic E-state index is 0.535. The van der Waals surface area contributed by atoms with Crippen LogP contribution in [-0.4, -0.2) is 54.4 Å². The van der Waals surface area contributed by atoms with Crippen LogP contribution >= 0.6 is 0 Å². The van der Waals surface area contributed by atoms with E-state index in [-0.39, 0.29) is 0 Å². The molecule has 684 valence electrons. The van der Waals surface area contributed by atoms with E-state index in [0.717, 1.165) is 116 Å². The highest BCUT2D eigenvalue weighted by Crippen LogP contribution is 2.45. The molecule has 0 atom stereocenters. The van der Waals surface area contributed by atoms with E-state index in [9.17, 15) is 0 Å². The van der Waals surface area contributed by atoms with Crippen molar-refractivity contribution in [3.05, 3.63) is 487 Å². The summed E-state index contributed by atoms with van der Waals surface area (Å²) in [5.41, 5.74) is 24.1. The van der Waals surface area contributed by atoms with Gasteiger partial charge in [-0.1, -0.05) is 352 Å². The number of benzene rings is 23. The number of pyridine rings is 5. The lowest BCUT2D eigenvalue weighted by molar-refractivity contribution is 0.602. The summed E-state index contributed by atoms with van der Waals surface area (Å²) < 4.78 is 7.58. The molecule has 0 bridgehead atoms. The maximum Gasteiger partial charge on any atom is 0.181 e. The summed E-state index contributed by atoms with van der Waals surface area (Å²) in [7, 11) is 2.04. The lowest BCUT2D eigenvalue weighted by atomic mass is 9.92. The van der Waals surface area contributed by atoms with Gasteiger partial charge in [-0.3, -0.25) is 19.9 Å². The Hall–Kier alpha value is -19.8. The fraction of sp³-hybridized carbons (Fsp3) is 0.00741. The molecule has 0 fully saturated rings. The Morgan fingerprint density at radius 3 is 1.11 bits per heavy atom. The van der Waals surface area contributed by atoms with Gasteiger partial charge in [-0.05, 0) is 276 Å². The second-order valence-electron chi connectivity index (χ2n) is 37.8. The molecule has 23 aromatic carbocycles. The van der Waals surface area contributed by atoms with Crippen LogP contribution in [0.2, 0.25) is 0 Å². The van der Waals surface area contributed by atoms with Gasteiger partial charge in [0.1, 0.15) is 17.5 Å². The molecule has 147 heavy (non-hydrogen) atoms. The maximum atomic E-state index is 5.51. The van der Waals surface area contributed by atoms with Crippen molar-refractivity contribution in [1.29, 1.82) is 0 Å². The van der Waals surface area contributed by atoms with Crippen molar-refractivity contribution < 1.29 is 4.42 Å². The first-order valence-corrected chi connectivity index (χ1v) is 49.4. The Labute approximate surface area is 842 Å². The number of hydrogen-bond acceptors (Lipinski definition) is 11. The van der Waals surface area contributed by atoms with Crippen molar-refractivity contribution in [1.82, 2.24) is 54.4 Å². The third-order valence-corrected chi connectivity index (χ3v) is 29.3. The van der Waals surface area contributed by atoms with E-state index in [2.05, 4.69) is 435 Å². The SMILES string of the molecule is Cn1cnc2ccc(-c3cccc(-c4ccc5ccc6ccc7ccccc7c6c5c4)c3)cc21.c1cc(-c2ccc3ncoc3c2)cc(-c2ccc3ccc4ccc5ccccc5c4c3c2)c1.c1ccc2c(c1)ccc1ccc3ccc(-c4ccc(-c5cnc6c(ccc7cccnc76)c5)c5cccnc45)cc3c12.c1ccc2c(c1)ccc1ccc3ccc(-c4ncnc(-c5ccc6ccc7cccnc7c6n5)n4)cc3c12. The topological polar surface area (TPSA) is 147 Å². The van der Waals surface area contributed by atoms with E-state index in [1.54, 1.807) is 12.5 Å². The molecule has 0 spiro atoms.